The molecule has 5 heteroatoms. The van der Waals surface area contributed by atoms with Crippen LogP contribution in [0.5, 0.6) is 0 Å². The lowest BCUT2D eigenvalue weighted by Gasteiger charge is -2.55. The van der Waals surface area contributed by atoms with Gasteiger partial charge in [0.25, 0.3) is 0 Å². The molecule has 0 unspecified atom stereocenters. The lowest BCUT2D eigenvalue weighted by atomic mass is 9.49. The Labute approximate surface area is 131 Å². The maximum atomic E-state index is 12.7. The predicted molar refractivity (Wildman–Crippen MR) is 81.2 cm³/mol. The molecule has 0 atom stereocenters. The van der Waals surface area contributed by atoms with Crippen molar-refractivity contribution >= 4 is 12.0 Å². The molecule has 122 valence electrons. The van der Waals surface area contributed by atoms with Crippen molar-refractivity contribution in [1.29, 1.82) is 0 Å². The number of ether oxygens (including phenoxy) is 1. The van der Waals surface area contributed by atoms with Gasteiger partial charge in [-0.05, 0) is 62.7 Å². The Bertz CT molecular complexity index is 441. The molecule has 1 heterocycles. The first-order valence-corrected chi connectivity index (χ1v) is 8.85. The minimum atomic E-state index is -0.215. The van der Waals surface area contributed by atoms with Crippen LogP contribution in [0.4, 0.5) is 4.79 Å². The van der Waals surface area contributed by atoms with Crippen LogP contribution in [0.25, 0.3) is 0 Å². The van der Waals surface area contributed by atoms with E-state index in [2.05, 4.69) is 5.32 Å². The Morgan fingerprint density at radius 1 is 1.18 bits per heavy atom. The smallest absolute Gasteiger partial charge is 0.409 e. The summed E-state index contributed by atoms with van der Waals surface area (Å²) < 4.78 is 4.91. The van der Waals surface area contributed by atoms with Crippen molar-refractivity contribution in [2.45, 2.75) is 44.9 Å². The molecule has 1 saturated heterocycles. The van der Waals surface area contributed by atoms with E-state index in [1.165, 1.54) is 19.3 Å². The molecule has 22 heavy (non-hydrogen) atoms. The summed E-state index contributed by atoms with van der Waals surface area (Å²) in [4.78, 5) is 25.8. The molecule has 0 aromatic rings. The van der Waals surface area contributed by atoms with Crippen molar-refractivity contribution in [2.75, 3.05) is 26.2 Å². The summed E-state index contributed by atoms with van der Waals surface area (Å²) in [6.45, 7) is 2.53. The Morgan fingerprint density at radius 3 is 2.36 bits per heavy atom. The van der Waals surface area contributed by atoms with Gasteiger partial charge in [-0.3, -0.25) is 4.79 Å². The largest absolute Gasteiger partial charge is 0.448 e. The Balaban J connectivity index is 1.27. The molecule has 4 bridgehead atoms. The second kappa shape index (κ2) is 5.43. The standard InChI is InChI=1S/C17H26N2O3/c20-15(18-2-1-3-19-4-5-22-16(19)21)17-9-12-6-13(10-17)8-14(7-12)11-17/h12-14H,1-11H2,(H,18,20). The van der Waals surface area contributed by atoms with Gasteiger partial charge in [0.1, 0.15) is 6.61 Å². The zero-order valence-corrected chi connectivity index (χ0v) is 13.2. The molecule has 4 aliphatic carbocycles. The molecule has 4 saturated carbocycles. The summed E-state index contributed by atoms with van der Waals surface area (Å²) in [6, 6.07) is 0. The third-order valence-electron chi connectivity index (χ3n) is 6.26. The average molecular weight is 306 g/mol. The van der Waals surface area contributed by atoms with Crippen molar-refractivity contribution in [3.05, 3.63) is 0 Å². The van der Waals surface area contributed by atoms with Gasteiger partial charge in [0.2, 0.25) is 5.91 Å². The predicted octanol–water partition coefficient (Wildman–Crippen LogP) is 2.16. The second-order valence-electron chi connectivity index (χ2n) is 7.91. The number of rotatable bonds is 5. The fraction of sp³-hybridized carbons (Fsp3) is 0.882. The molecule has 0 radical (unpaired) electrons. The summed E-state index contributed by atoms with van der Waals surface area (Å²) in [6.07, 6.45) is 8.03. The van der Waals surface area contributed by atoms with Crippen LogP contribution in [-0.2, 0) is 9.53 Å². The van der Waals surface area contributed by atoms with Crippen LogP contribution in [0, 0.1) is 23.2 Å². The van der Waals surface area contributed by atoms with Gasteiger partial charge in [-0.1, -0.05) is 0 Å². The maximum Gasteiger partial charge on any atom is 0.409 e. The van der Waals surface area contributed by atoms with Gasteiger partial charge in [-0.2, -0.15) is 0 Å². The topological polar surface area (TPSA) is 58.6 Å². The van der Waals surface area contributed by atoms with E-state index in [9.17, 15) is 9.59 Å². The molecule has 5 fully saturated rings. The van der Waals surface area contributed by atoms with Crippen LogP contribution < -0.4 is 5.32 Å². The van der Waals surface area contributed by atoms with Gasteiger partial charge in [-0.15, -0.1) is 0 Å². The number of nitrogens with zero attached hydrogens (tertiary/aromatic N) is 1. The Hall–Kier alpha value is -1.26. The van der Waals surface area contributed by atoms with Crippen molar-refractivity contribution in [2.24, 2.45) is 23.2 Å². The van der Waals surface area contributed by atoms with E-state index in [4.69, 9.17) is 4.74 Å². The lowest BCUT2D eigenvalue weighted by molar-refractivity contribution is -0.146. The van der Waals surface area contributed by atoms with Crippen LogP contribution in [0.2, 0.25) is 0 Å². The van der Waals surface area contributed by atoms with Crippen molar-refractivity contribution < 1.29 is 14.3 Å². The highest BCUT2D eigenvalue weighted by atomic mass is 16.6. The Morgan fingerprint density at radius 2 is 1.82 bits per heavy atom. The van der Waals surface area contributed by atoms with Crippen molar-refractivity contribution in [3.8, 4) is 0 Å². The first kappa shape index (κ1) is 14.3. The molecule has 0 aromatic heterocycles. The maximum absolute atomic E-state index is 12.7. The van der Waals surface area contributed by atoms with Gasteiger partial charge in [0, 0.05) is 18.5 Å². The summed E-state index contributed by atoms with van der Waals surface area (Å²) >= 11 is 0. The lowest BCUT2D eigenvalue weighted by Crippen LogP contribution is -2.53. The van der Waals surface area contributed by atoms with Gasteiger partial charge >= 0.3 is 6.09 Å². The average Bonchev–Trinajstić information content (AvgIpc) is 2.87. The van der Waals surface area contributed by atoms with Gasteiger partial charge < -0.3 is 15.0 Å². The number of cyclic esters (lactones) is 1. The number of nitrogens with one attached hydrogen (secondary N) is 1. The van der Waals surface area contributed by atoms with E-state index in [1.54, 1.807) is 4.90 Å². The minimum Gasteiger partial charge on any atom is -0.448 e. The van der Waals surface area contributed by atoms with Gasteiger partial charge in [0.05, 0.1) is 6.54 Å². The van der Waals surface area contributed by atoms with E-state index in [0.29, 0.717) is 26.2 Å². The molecular formula is C17H26N2O3. The molecule has 2 amide bonds. The van der Waals surface area contributed by atoms with Crippen LogP contribution in [-0.4, -0.2) is 43.1 Å². The first-order valence-electron chi connectivity index (χ1n) is 8.85. The van der Waals surface area contributed by atoms with E-state index in [0.717, 1.165) is 43.4 Å². The first-order chi connectivity index (χ1) is 10.6. The van der Waals surface area contributed by atoms with Gasteiger partial charge in [0.15, 0.2) is 0 Å². The number of hydrogen-bond donors (Lipinski definition) is 1. The number of amides is 2. The fourth-order valence-corrected chi connectivity index (χ4v) is 5.68. The zero-order chi connectivity index (χ0) is 15.2. The second-order valence-corrected chi connectivity index (χ2v) is 7.91. The molecule has 1 N–H and O–H groups in total. The van der Waals surface area contributed by atoms with Gasteiger partial charge in [-0.25, -0.2) is 4.79 Å². The third-order valence-corrected chi connectivity index (χ3v) is 6.26. The zero-order valence-electron chi connectivity index (χ0n) is 13.2. The van der Waals surface area contributed by atoms with Crippen molar-refractivity contribution in [1.82, 2.24) is 10.2 Å². The molecule has 5 rings (SSSR count). The quantitative estimate of drug-likeness (QED) is 0.792. The highest BCUT2D eigenvalue weighted by molar-refractivity contribution is 5.83. The van der Waals surface area contributed by atoms with Crippen LogP contribution >= 0.6 is 0 Å². The summed E-state index contributed by atoms with van der Waals surface area (Å²) in [5.41, 5.74) is -0.0542. The SMILES string of the molecule is O=C1OCCN1CCCNC(=O)C12CC3CC(CC(C3)C1)C2. The molecule has 0 spiro atoms. The number of hydrogen-bond acceptors (Lipinski definition) is 3. The highest BCUT2D eigenvalue weighted by Gasteiger charge is 2.54. The molecular weight excluding hydrogens is 280 g/mol. The summed E-state index contributed by atoms with van der Waals surface area (Å²) in [7, 11) is 0. The molecule has 0 aromatic carbocycles. The van der Waals surface area contributed by atoms with E-state index >= 15 is 0 Å². The van der Waals surface area contributed by atoms with E-state index in [1.807, 2.05) is 0 Å². The normalized spacial score (nSPS) is 39.2. The van der Waals surface area contributed by atoms with Crippen LogP contribution in [0.1, 0.15) is 44.9 Å². The molecule has 5 nitrogen and oxygen atoms in total. The number of carbonyl (C=O) groups is 2. The number of carbonyl (C=O) groups excluding carboxylic acids is 2. The fourth-order valence-electron chi connectivity index (χ4n) is 5.68. The monoisotopic (exact) mass is 306 g/mol. The third kappa shape index (κ3) is 2.48. The van der Waals surface area contributed by atoms with Crippen LogP contribution in [0.3, 0.4) is 0 Å². The minimum absolute atomic E-state index is 0.0542. The highest BCUT2D eigenvalue weighted by Crippen LogP contribution is 2.60. The summed E-state index contributed by atoms with van der Waals surface area (Å²) in [5.74, 6) is 2.69. The summed E-state index contributed by atoms with van der Waals surface area (Å²) in [5, 5.41) is 3.16. The van der Waals surface area contributed by atoms with Crippen LogP contribution in [0.15, 0.2) is 0 Å². The molecule has 1 aliphatic heterocycles. The Kier molecular flexibility index (Phi) is 3.54. The van der Waals surface area contributed by atoms with Crippen molar-refractivity contribution in [3.63, 3.8) is 0 Å². The molecule has 5 aliphatic rings. The van der Waals surface area contributed by atoms with E-state index in [-0.39, 0.29) is 17.4 Å². The van der Waals surface area contributed by atoms with E-state index < -0.39 is 0 Å².